The molecule has 74 valence electrons. The molecule has 13 heavy (non-hydrogen) atoms. The molecule has 0 radical (unpaired) electrons. The summed E-state index contributed by atoms with van der Waals surface area (Å²) in [4.78, 5) is 10.8. The zero-order valence-electron chi connectivity index (χ0n) is 7.60. The van der Waals surface area contributed by atoms with Crippen molar-refractivity contribution in [1.29, 1.82) is 0 Å². The van der Waals surface area contributed by atoms with Gasteiger partial charge in [0.1, 0.15) is 6.10 Å². The predicted molar refractivity (Wildman–Crippen MR) is 44.0 cm³/mol. The Labute approximate surface area is 76.8 Å². The standard InChI is InChI=1S/C9H14O4/c1-5(11)12-9-6(4-10)7-2-3-8(9)13-7/h6-10H,2-4H2,1H3/t6-,7+,8-,9-/m0/s1. The van der Waals surface area contributed by atoms with E-state index in [0.29, 0.717) is 0 Å². The maximum atomic E-state index is 10.8. The molecule has 0 unspecified atom stereocenters. The quantitative estimate of drug-likeness (QED) is 0.621. The van der Waals surface area contributed by atoms with E-state index < -0.39 is 0 Å². The Kier molecular flexibility index (Phi) is 2.26. The van der Waals surface area contributed by atoms with Crippen LogP contribution < -0.4 is 0 Å². The topological polar surface area (TPSA) is 55.8 Å². The summed E-state index contributed by atoms with van der Waals surface area (Å²) in [7, 11) is 0. The fourth-order valence-corrected chi connectivity index (χ4v) is 2.31. The first-order valence-corrected chi connectivity index (χ1v) is 4.66. The first-order valence-electron chi connectivity index (χ1n) is 4.66. The van der Waals surface area contributed by atoms with E-state index in [1.807, 2.05) is 0 Å². The lowest BCUT2D eigenvalue weighted by Gasteiger charge is -2.25. The van der Waals surface area contributed by atoms with Gasteiger partial charge in [-0.25, -0.2) is 0 Å². The number of aliphatic hydroxyl groups excluding tert-OH is 1. The minimum Gasteiger partial charge on any atom is -0.459 e. The number of esters is 1. The molecule has 4 nitrogen and oxygen atoms in total. The van der Waals surface area contributed by atoms with Gasteiger partial charge in [0.2, 0.25) is 0 Å². The zero-order valence-corrected chi connectivity index (χ0v) is 7.60. The zero-order chi connectivity index (χ0) is 9.42. The molecule has 2 rings (SSSR count). The van der Waals surface area contributed by atoms with Crippen LogP contribution in [0.4, 0.5) is 0 Å². The van der Waals surface area contributed by atoms with Crippen LogP contribution in [0.5, 0.6) is 0 Å². The van der Waals surface area contributed by atoms with Gasteiger partial charge in [0, 0.05) is 12.8 Å². The fourth-order valence-electron chi connectivity index (χ4n) is 2.31. The highest BCUT2D eigenvalue weighted by atomic mass is 16.6. The lowest BCUT2D eigenvalue weighted by Crippen LogP contribution is -2.37. The van der Waals surface area contributed by atoms with Gasteiger partial charge in [-0.05, 0) is 12.8 Å². The second kappa shape index (κ2) is 3.27. The van der Waals surface area contributed by atoms with E-state index in [4.69, 9.17) is 14.6 Å². The summed E-state index contributed by atoms with van der Waals surface area (Å²) in [6.07, 6.45) is 1.82. The molecule has 0 aliphatic carbocycles. The second-order valence-electron chi connectivity index (χ2n) is 3.71. The Morgan fingerprint density at radius 1 is 1.54 bits per heavy atom. The van der Waals surface area contributed by atoms with Gasteiger partial charge in [0.25, 0.3) is 0 Å². The van der Waals surface area contributed by atoms with Crippen LogP contribution >= 0.6 is 0 Å². The molecule has 0 aromatic carbocycles. The maximum Gasteiger partial charge on any atom is 0.303 e. The number of carbonyl (C=O) groups excluding carboxylic acids is 1. The van der Waals surface area contributed by atoms with Crippen molar-refractivity contribution >= 4 is 5.97 Å². The van der Waals surface area contributed by atoms with Crippen molar-refractivity contribution in [3.63, 3.8) is 0 Å². The number of hydrogen-bond donors (Lipinski definition) is 1. The first-order chi connectivity index (χ1) is 6.22. The molecule has 4 atom stereocenters. The van der Waals surface area contributed by atoms with Crippen molar-refractivity contribution in [2.24, 2.45) is 5.92 Å². The third kappa shape index (κ3) is 1.44. The predicted octanol–water partition coefficient (Wildman–Crippen LogP) is 0.0878. The van der Waals surface area contributed by atoms with Gasteiger partial charge in [-0.15, -0.1) is 0 Å². The Morgan fingerprint density at radius 2 is 2.23 bits per heavy atom. The molecule has 4 heteroatoms. The summed E-state index contributed by atoms with van der Waals surface area (Å²) in [5.41, 5.74) is 0. The molecule has 0 spiro atoms. The van der Waals surface area contributed by atoms with Crippen LogP contribution in [0.2, 0.25) is 0 Å². The van der Waals surface area contributed by atoms with Crippen LogP contribution in [0.25, 0.3) is 0 Å². The molecule has 1 N–H and O–H groups in total. The van der Waals surface area contributed by atoms with E-state index in [1.165, 1.54) is 6.92 Å². The van der Waals surface area contributed by atoms with Gasteiger partial charge in [-0.1, -0.05) is 0 Å². The number of aliphatic hydroxyl groups is 1. The molecule has 2 aliphatic heterocycles. The fraction of sp³-hybridized carbons (Fsp3) is 0.889. The largest absolute Gasteiger partial charge is 0.459 e. The summed E-state index contributed by atoms with van der Waals surface area (Å²) >= 11 is 0. The molecule has 2 saturated heterocycles. The third-order valence-electron chi connectivity index (χ3n) is 2.86. The van der Waals surface area contributed by atoms with Gasteiger partial charge in [0.15, 0.2) is 0 Å². The molecule has 0 aromatic rings. The van der Waals surface area contributed by atoms with Gasteiger partial charge < -0.3 is 14.6 Å². The highest BCUT2D eigenvalue weighted by Gasteiger charge is 2.50. The molecule has 0 aromatic heterocycles. The van der Waals surface area contributed by atoms with Crippen LogP contribution in [0.3, 0.4) is 0 Å². The highest BCUT2D eigenvalue weighted by Crippen LogP contribution is 2.40. The minimum atomic E-state index is -0.292. The normalized spacial score (nSPS) is 42.3. The van der Waals surface area contributed by atoms with Crippen molar-refractivity contribution in [1.82, 2.24) is 0 Å². The van der Waals surface area contributed by atoms with Crippen molar-refractivity contribution in [2.75, 3.05) is 6.61 Å². The minimum absolute atomic E-state index is 0.0114. The molecular weight excluding hydrogens is 172 g/mol. The van der Waals surface area contributed by atoms with Crippen LogP contribution in [-0.4, -0.2) is 36.0 Å². The van der Waals surface area contributed by atoms with Crippen molar-refractivity contribution < 1.29 is 19.4 Å². The summed E-state index contributed by atoms with van der Waals surface area (Å²) in [5, 5.41) is 9.10. The van der Waals surface area contributed by atoms with Crippen LogP contribution in [-0.2, 0) is 14.3 Å². The monoisotopic (exact) mass is 186 g/mol. The summed E-state index contributed by atoms with van der Waals surface area (Å²) in [5.74, 6) is -0.303. The van der Waals surface area contributed by atoms with E-state index in [9.17, 15) is 4.79 Å². The number of hydrogen-bond acceptors (Lipinski definition) is 4. The first kappa shape index (κ1) is 8.97. The van der Waals surface area contributed by atoms with E-state index in [2.05, 4.69) is 0 Å². The van der Waals surface area contributed by atoms with E-state index in [-0.39, 0.29) is 36.8 Å². The van der Waals surface area contributed by atoms with Crippen LogP contribution in [0.15, 0.2) is 0 Å². The number of fused-ring (bicyclic) bond motifs is 2. The molecule has 2 bridgehead atoms. The number of ether oxygens (including phenoxy) is 2. The van der Waals surface area contributed by atoms with Crippen molar-refractivity contribution in [3.05, 3.63) is 0 Å². The maximum absolute atomic E-state index is 10.8. The second-order valence-corrected chi connectivity index (χ2v) is 3.71. The average Bonchev–Trinajstić information content (AvgIpc) is 2.62. The van der Waals surface area contributed by atoms with Crippen molar-refractivity contribution in [2.45, 2.75) is 38.1 Å². The van der Waals surface area contributed by atoms with Crippen LogP contribution in [0.1, 0.15) is 19.8 Å². The third-order valence-corrected chi connectivity index (χ3v) is 2.86. The van der Waals surface area contributed by atoms with Gasteiger partial charge in [0.05, 0.1) is 18.8 Å². The number of carbonyl (C=O) groups is 1. The van der Waals surface area contributed by atoms with Gasteiger partial charge in [-0.2, -0.15) is 0 Å². The molecule has 2 fully saturated rings. The van der Waals surface area contributed by atoms with Crippen LogP contribution in [0, 0.1) is 5.92 Å². The Balaban J connectivity index is 2.04. The van der Waals surface area contributed by atoms with Gasteiger partial charge >= 0.3 is 5.97 Å². The number of rotatable bonds is 2. The molecular formula is C9H14O4. The lowest BCUT2D eigenvalue weighted by atomic mass is 9.87. The summed E-state index contributed by atoms with van der Waals surface area (Å²) in [6.45, 7) is 1.43. The Hall–Kier alpha value is -0.610. The molecule has 2 heterocycles. The Morgan fingerprint density at radius 3 is 2.85 bits per heavy atom. The SMILES string of the molecule is CC(=O)O[C@H]1[C@@H](CO)[C@H]2CC[C@@H]1O2. The van der Waals surface area contributed by atoms with E-state index in [1.54, 1.807) is 0 Å². The molecule has 2 aliphatic rings. The summed E-state index contributed by atoms with van der Waals surface area (Å²) < 4.78 is 10.7. The molecule has 0 saturated carbocycles. The van der Waals surface area contributed by atoms with E-state index in [0.717, 1.165) is 12.8 Å². The van der Waals surface area contributed by atoms with Gasteiger partial charge in [-0.3, -0.25) is 4.79 Å². The summed E-state index contributed by atoms with van der Waals surface area (Å²) in [6, 6.07) is 0. The highest BCUT2D eigenvalue weighted by molar-refractivity contribution is 5.66. The van der Waals surface area contributed by atoms with E-state index >= 15 is 0 Å². The lowest BCUT2D eigenvalue weighted by molar-refractivity contribution is -0.151. The van der Waals surface area contributed by atoms with Crippen molar-refractivity contribution in [3.8, 4) is 0 Å². The smallest absolute Gasteiger partial charge is 0.303 e. The molecule has 0 amide bonds. The Bertz CT molecular complexity index is 216. The average molecular weight is 186 g/mol.